The summed E-state index contributed by atoms with van der Waals surface area (Å²) < 4.78 is 16.1. The molecule has 0 saturated carbocycles. The lowest BCUT2D eigenvalue weighted by atomic mass is 10.1. The summed E-state index contributed by atoms with van der Waals surface area (Å²) >= 11 is 0. The van der Waals surface area contributed by atoms with Gasteiger partial charge in [-0.15, -0.1) is 0 Å². The smallest absolute Gasteiger partial charge is 0.281 e. The van der Waals surface area contributed by atoms with Crippen LogP contribution in [0.2, 0.25) is 0 Å². The zero-order chi connectivity index (χ0) is 27.4. The Morgan fingerprint density at radius 3 is 2.77 bits per heavy atom. The molecule has 0 spiro atoms. The maximum Gasteiger partial charge on any atom is 0.281 e. The second kappa shape index (κ2) is 9.67. The fraction of sp³-hybridized carbons (Fsp3) is 0.345. The first kappa shape index (κ1) is 24.6. The Morgan fingerprint density at radius 1 is 1.05 bits per heavy atom. The van der Waals surface area contributed by atoms with Crippen molar-refractivity contribution in [1.29, 1.82) is 0 Å². The first-order chi connectivity index (χ1) is 19.5. The Kier molecular flexibility index (Phi) is 5.96. The third kappa shape index (κ3) is 4.17. The van der Waals surface area contributed by atoms with Gasteiger partial charge in [0.15, 0.2) is 11.5 Å². The average Bonchev–Trinajstić information content (AvgIpc) is 3.57. The number of aryl methyl sites for hydroxylation is 1. The monoisotopic (exact) mass is 539 g/mol. The summed E-state index contributed by atoms with van der Waals surface area (Å²) in [6.45, 7) is 5.02. The van der Waals surface area contributed by atoms with Gasteiger partial charge >= 0.3 is 0 Å². The zero-order valence-electron chi connectivity index (χ0n) is 22.3. The highest BCUT2D eigenvalue weighted by molar-refractivity contribution is 6.18. The molecule has 1 amide bonds. The molecule has 7 rings (SSSR count). The molecule has 0 radical (unpaired) electrons. The minimum Gasteiger partial charge on any atom is -0.341 e. The van der Waals surface area contributed by atoms with Crippen LogP contribution in [0.15, 0.2) is 53.5 Å². The molecule has 1 saturated heterocycles. The number of fused-ring (bicyclic) bond motifs is 4. The van der Waals surface area contributed by atoms with Crippen molar-refractivity contribution >= 4 is 34.5 Å². The van der Waals surface area contributed by atoms with Crippen molar-refractivity contribution in [1.82, 2.24) is 24.4 Å². The molecule has 1 atom stereocenters. The highest BCUT2D eigenvalue weighted by atomic mass is 19.1. The molecule has 4 aromatic rings. The summed E-state index contributed by atoms with van der Waals surface area (Å²) in [6.07, 6.45) is 1.88. The van der Waals surface area contributed by atoms with Crippen molar-refractivity contribution in [2.45, 2.75) is 38.9 Å². The van der Waals surface area contributed by atoms with Gasteiger partial charge in [-0.25, -0.2) is 14.4 Å². The highest BCUT2D eigenvalue weighted by Crippen LogP contribution is 2.36. The lowest BCUT2D eigenvalue weighted by molar-refractivity contribution is 0.0820. The molecule has 5 heterocycles. The second-order valence-corrected chi connectivity index (χ2v) is 10.6. The number of aliphatic imine (C=N–C) groups is 1. The minimum absolute atomic E-state index is 0.0227. The number of carbonyl (C=O) groups is 1. The normalized spacial score (nSPS) is 18.8. The van der Waals surface area contributed by atoms with Gasteiger partial charge in [-0.1, -0.05) is 30.3 Å². The van der Waals surface area contributed by atoms with Gasteiger partial charge in [0.1, 0.15) is 11.6 Å². The fourth-order valence-electron chi connectivity index (χ4n) is 5.96. The molecule has 204 valence electrons. The average molecular weight is 540 g/mol. The van der Waals surface area contributed by atoms with E-state index in [0.717, 1.165) is 41.5 Å². The summed E-state index contributed by atoms with van der Waals surface area (Å²) in [6, 6.07) is 14.3. The van der Waals surface area contributed by atoms with Gasteiger partial charge in [-0.3, -0.25) is 24.2 Å². The second-order valence-electron chi connectivity index (χ2n) is 10.6. The van der Waals surface area contributed by atoms with Crippen LogP contribution in [0.25, 0.3) is 10.9 Å². The maximum absolute atomic E-state index is 14.3. The van der Waals surface area contributed by atoms with Crippen LogP contribution >= 0.6 is 0 Å². The van der Waals surface area contributed by atoms with Crippen LogP contribution in [-0.4, -0.2) is 68.5 Å². The number of anilines is 2. The Balaban J connectivity index is 1.33. The molecule has 0 bridgehead atoms. The van der Waals surface area contributed by atoms with Gasteiger partial charge in [0.2, 0.25) is 11.9 Å². The molecule has 0 aliphatic carbocycles. The van der Waals surface area contributed by atoms with Gasteiger partial charge in [0.05, 0.1) is 25.2 Å². The van der Waals surface area contributed by atoms with E-state index < -0.39 is 0 Å². The molecule has 2 N–H and O–H groups in total. The van der Waals surface area contributed by atoms with E-state index in [-0.39, 0.29) is 24.3 Å². The molecule has 40 heavy (non-hydrogen) atoms. The summed E-state index contributed by atoms with van der Waals surface area (Å²) in [7, 11) is 0. The summed E-state index contributed by atoms with van der Waals surface area (Å²) in [5.41, 5.74) is 9.23. The fourth-order valence-corrected chi connectivity index (χ4v) is 5.96. The number of nitrogens with zero attached hydrogens (tertiary/aromatic N) is 8. The third-order valence-electron chi connectivity index (χ3n) is 7.80. The molecule has 3 aliphatic rings. The van der Waals surface area contributed by atoms with Crippen molar-refractivity contribution in [2.24, 2.45) is 10.7 Å². The van der Waals surface area contributed by atoms with Crippen molar-refractivity contribution in [3.8, 4) is 0 Å². The van der Waals surface area contributed by atoms with E-state index in [4.69, 9.17) is 20.7 Å². The van der Waals surface area contributed by atoms with E-state index in [1.165, 1.54) is 12.1 Å². The molecule has 1 fully saturated rings. The molecule has 2 aromatic carbocycles. The number of hydrogen-bond donors (Lipinski definition) is 1. The summed E-state index contributed by atoms with van der Waals surface area (Å²) in [5.74, 6) is 1.81. The van der Waals surface area contributed by atoms with E-state index >= 15 is 0 Å². The van der Waals surface area contributed by atoms with Crippen LogP contribution in [0.1, 0.15) is 40.4 Å². The van der Waals surface area contributed by atoms with Gasteiger partial charge < -0.3 is 10.6 Å². The maximum atomic E-state index is 14.3. The van der Waals surface area contributed by atoms with Crippen molar-refractivity contribution in [3.05, 3.63) is 77.1 Å². The number of halogens is 1. The third-order valence-corrected chi connectivity index (χ3v) is 7.80. The van der Waals surface area contributed by atoms with E-state index in [9.17, 15) is 9.18 Å². The largest absolute Gasteiger partial charge is 0.341 e. The van der Waals surface area contributed by atoms with Crippen LogP contribution < -0.4 is 15.5 Å². The number of rotatable bonds is 5. The predicted octanol–water partition coefficient (Wildman–Crippen LogP) is 3.08. The predicted molar refractivity (Wildman–Crippen MR) is 151 cm³/mol. The lowest BCUT2D eigenvalue weighted by Gasteiger charge is -2.33. The summed E-state index contributed by atoms with van der Waals surface area (Å²) in [5, 5.41) is 0.982. The first-order valence-corrected chi connectivity index (χ1v) is 13.7. The number of nitrogens with two attached hydrogens (primary N) is 1. The molecular formula is C29H30FN9O. The zero-order valence-corrected chi connectivity index (χ0v) is 22.3. The van der Waals surface area contributed by atoms with E-state index in [0.29, 0.717) is 55.4 Å². The standard InChI is InChI=1S/C29H30FN9O/c1-18-22-9-2-3-10-23(22)34-24(33-18)17-39-27(40)25-26(37-13-11-32-28(37)39)35-29(36-12-5-8-21(31)16-36)38(25)15-19-6-4-7-20(30)14-19/h2-4,6-7,9-10,14,21H,5,8,11-13,15-17,31H2,1H3/t21-/m1/s1. The quantitative estimate of drug-likeness (QED) is 0.415. The Morgan fingerprint density at radius 2 is 1.93 bits per heavy atom. The number of piperidine rings is 1. The van der Waals surface area contributed by atoms with E-state index in [1.54, 1.807) is 11.0 Å². The Labute approximate surface area is 231 Å². The lowest BCUT2D eigenvalue weighted by Crippen LogP contribution is -2.50. The van der Waals surface area contributed by atoms with Crippen molar-refractivity contribution in [3.63, 3.8) is 0 Å². The van der Waals surface area contributed by atoms with Gasteiger partial charge in [0.25, 0.3) is 5.91 Å². The van der Waals surface area contributed by atoms with Crippen molar-refractivity contribution in [2.75, 3.05) is 36.0 Å². The molecule has 2 aromatic heterocycles. The molecule has 3 aliphatic heterocycles. The van der Waals surface area contributed by atoms with Crippen LogP contribution in [-0.2, 0) is 13.1 Å². The van der Waals surface area contributed by atoms with Crippen molar-refractivity contribution < 1.29 is 9.18 Å². The number of benzene rings is 2. The Bertz CT molecular complexity index is 1660. The molecule has 0 unspecified atom stereocenters. The number of amides is 1. The highest BCUT2D eigenvalue weighted by Gasteiger charge is 2.43. The molecule has 11 heteroatoms. The minimum atomic E-state index is -0.321. The first-order valence-electron chi connectivity index (χ1n) is 13.7. The van der Waals surface area contributed by atoms with E-state index in [1.807, 2.05) is 46.7 Å². The van der Waals surface area contributed by atoms with Crippen LogP contribution in [0, 0.1) is 12.7 Å². The van der Waals surface area contributed by atoms with Gasteiger partial charge in [-0.05, 0) is 43.5 Å². The number of para-hydroxylation sites is 1. The number of imidazole rings is 1. The topological polar surface area (TPSA) is 109 Å². The van der Waals surface area contributed by atoms with Crippen LogP contribution in [0.4, 0.5) is 16.2 Å². The summed E-state index contributed by atoms with van der Waals surface area (Å²) in [4.78, 5) is 39.3. The van der Waals surface area contributed by atoms with Gasteiger partial charge in [-0.2, -0.15) is 4.98 Å². The molecule has 10 nitrogen and oxygen atoms in total. The van der Waals surface area contributed by atoms with E-state index in [2.05, 4.69) is 9.89 Å². The number of guanidine groups is 1. The van der Waals surface area contributed by atoms with Crippen LogP contribution in [0.5, 0.6) is 0 Å². The van der Waals surface area contributed by atoms with Crippen LogP contribution in [0.3, 0.4) is 0 Å². The van der Waals surface area contributed by atoms with Gasteiger partial charge in [0, 0.05) is 36.8 Å². The number of aromatic nitrogens is 4. The number of carbonyl (C=O) groups excluding carboxylic acids is 1. The number of hydrogen-bond acceptors (Lipinski definition) is 8. The molecular weight excluding hydrogens is 509 g/mol. The SMILES string of the molecule is Cc1nc(CN2C(=O)c3c(nc(N4CCC[C@@H](N)C4)n3Cc3cccc(F)c3)N3CCN=C23)nc2ccccc12. The Hall–Kier alpha value is -4.38.